The second kappa shape index (κ2) is 5.43. The number of esters is 1. The van der Waals surface area contributed by atoms with E-state index in [0.717, 1.165) is 0 Å². The summed E-state index contributed by atoms with van der Waals surface area (Å²) in [6.07, 6.45) is 0.369. The SMILES string of the molecule is N=[N+]=Cc1ccccc1OC(=O)CC(=O)[O-]. The predicted molar refractivity (Wildman–Crippen MR) is 49.8 cm³/mol. The summed E-state index contributed by atoms with van der Waals surface area (Å²) in [4.78, 5) is 24.2. The number of nitrogens with one attached hydrogen (secondary N) is 1. The largest absolute Gasteiger partial charge is 0.550 e. The van der Waals surface area contributed by atoms with Crippen LogP contribution < -0.4 is 9.84 Å². The molecule has 6 heteroatoms. The van der Waals surface area contributed by atoms with Gasteiger partial charge in [0.1, 0.15) is 11.3 Å². The van der Waals surface area contributed by atoms with E-state index in [1.165, 1.54) is 12.3 Å². The third-order valence-corrected chi connectivity index (χ3v) is 1.64. The molecule has 0 aliphatic heterocycles. The van der Waals surface area contributed by atoms with Gasteiger partial charge < -0.3 is 14.6 Å². The summed E-state index contributed by atoms with van der Waals surface area (Å²) < 4.78 is 4.77. The minimum Gasteiger partial charge on any atom is -0.550 e. The van der Waals surface area contributed by atoms with E-state index in [1.54, 1.807) is 18.2 Å². The molecule has 0 radical (unpaired) electrons. The normalized spacial score (nSPS) is 9.00. The van der Waals surface area contributed by atoms with E-state index >= 15 is 0 Å². The number of benzene rings is 1. The van der Waals surface area contributed by atoms with Crippen molar-refractivity contribution in [3.8, 4) is 5.75 Å². The number of ether oxygens (including phenoxy) is 1. The van der Waals surface area contributed by atoms with Crippen molar-refractivity contribution in [2.24, 2.45) is 0 Å². The summed E-state index contributed by atoms with van der Waals surface area (Å²) in [5.74, 6) is -2.27. The lowest BCUT2D eigenvalue weighted by molar-refractivity contribution is -0.304. The molecule has 1 N–H and O–H groups in total. The van der Waals surface area contributed by atoms with Crippen LogP contribution in [0.5, 0.6) is 5.75 Å². The van der Waals surface area contributed by atoms with Crippen LogP contribution >= 0.6 is 0 Å². The van der Waals surface area contributed by atoms with Crippen molar-refractivity contribution in [1.29, 1.82) is 5.53 Å². The fourth-order valence-corrected chi connectivity index (χ4v) is 1.03. The van der Waals surface area contributed by atoms with Gasteiger partial charge in [0.25, 0.3) is 0 Å². The maximum atomic E-state index is 11.0. The molecular weight excluding hydrogens is 212 g/mol. The average molecular weight is 220 g/mol. The van der Waals surface area contributed by atoms with Gasteiger partial charge in [-0.2, -0.15) is 0 Å². The van der Waals surface area contributed by atoms with E-state index in [4.69, 9.17) is 10.3 Å². The van der Waals surface area contributed by atoms with E-state index in [2.05, 4.69) is 4.79 Å². The van der Waals surface area contributed by atoms with E-state index in [1.807, 2.05) is 0 Å². The van der Waals surface area contributed by atoms with Crippen molar-refractivity contribution < 1.29 is 24.2 Å². The molecule has 0 fully saturated rings. The van der Waals surface area contributed by atoms with Crippen LogP contribution in [0.25, 0.3) is 0 Å². The van der Waals surface area contributed by atoms with Gasteiger partial charge in [-0.05, 0) is 12.1 Å². The fourth-order valence-electron chi connectivity index (χ4n) is 1.03. The summed E-state index contributed by atoms with van der Waals surface area (Å²) in [5, 5.41) is 10.1. The molecular formula is C10H8N2O4. The van der Waals surface area contributed by atoms with Crippen LogP contribution in [0.1, 0.15) is 12.0 Å². The number of carboxylic acids is 1. The highest BCUT2D eigenvalue weighted by atomic mass is 16.5. The van der Waals surface area contributed by atoms with E-state index in [-0.39, 0.29) is 5.75 Å². The summed E-state index contributed by atoms with van der Waals surface area (Å²) >= 11 is 0. The Balaban J connectivity index is 2.84. The predicted octanol–water partition coefficient (Wildman–Crippen LogP) is -0.610. The van der Waals surface area contributed by atoms with Gasteiger partial charge in [-0.25, -0.2) is 0 Å². The Bertz CT molecular complexity index is 464. The molecule has 0 saturated carbocycles. The lowest BCUT2D eigenvalue weighted by Gasteiger charge is -2.05. The molecule has 0 aliphatic rings. The Morgan fingerprint density at radius 3 is 2.75 bits per heavy atom. The van der Waals surface area contributed by atoms with Gasteiger partial charge >= 0.3 is 12.2 Å². The maximum absolute atomic E-state index is 11.0. The lowest BCUT2D eigenvalue weighted by Crippen LogP contribution is -2.27. The van der Waals surface area contributed by atoms with Crippen LogP contribution in [-0.2, 0) is 9.59 Å². The van der Waals surface area contributed by atoms with Crippen molar-refractivity contribution in [2.75, 3.05) is 0 Å². The molecule has 1 aromatic carbocycles. The monoisotopic (exact) mass is 220 g/mol. The van der Waals surface area contributed by atoms with Crippen LogP contribution in [-0.4, -0.2) is 22.9 Å². The highest BCUT2D eigenvalue weighted by Crippen LogP contribution is 2.15. The Kier molecular flexibility index (Phi) is 3.94. The summed E-state index contributed by atoms with van der Waals surface area (Å²) in [6.45, 7) is 0. The molecule has 0 unspecified atom stereocenters. The lowest BCUT2D eigenvalue weighted by atomic mass is 10.2. The average Bonchev–Trinajstić information content (AvgIpc) is 2.20. The Morgan fingerprint density at radius 1 is 1.44 bits per heavy atom. The third kappa shape index (κ3) is 3.36. The van der Waals surface area contributed by atoms with Gasteiger partial charge in [0.05, 0.1) is 17.9 Å². The van der Waals surface area contributed by atoms with Gasteiger partial charge in [-0.15, -0.1) is 0 Å². The molecule has 0 aliphatic carbocycles. The molecule has 0 heterocycles. The first-order valence-electron chi connectivity index (χ1n) is 4.33. The fraction of sp³-hybridized carbons (Fsp3) is 0.100. The first-order valence-corrected chi connectivity index (χ1v) is 4.33. The second-order valence-corrected chi connectivity index (χ2v) is 2.82. The summed E-state index contributed by atoms with van der Waals surface area (Å²) in [6, 6.07) is 6.35. The molecule has 0 saturated heterocycles. The molecule has 0 spiro atoms. The van der Waals surface area contributed by atoms with Crippen LogP contribution in [0.4, 0.5) is 0 Å². The van der Waals surface area contributed by atoms with Gasteiger partial charge in [-0.1, -0.05) is 12.1 Å². The van der Waals surface area contributed by atoms with Gasteiger partial charge in [0, 0.05) is 4.79 Å². The second-order valence-electron chi connectivity index (χ2n) is 2.82. The quantitative estimate of drug-likeness (QED) is 0.182. The highest BCUT2D eigenvalue weighted by molar-refractivity contribution is 5.91. The Labute approximate surface area is 90.7 Å². The molecule has 1 aromatic rings. The van der Waals surface area contributed by atoms with Gasteiger partial charge in [0.2, 0.25) is 0 Å². The molecule has 0 aromatic heterocycles. The molecule has 1 rings (SSSR count). The number of hydrogen-bond donors (Lipinski definition) is 1. The number of para-hydroxylation sites is 1. The van der Waals surface area contributed by atoms with Crippen molar-refractivity contribution in [3.63, 3.8) is 0 Å². The van der Waals surface area contributed by atoms with Crippen LogP contribution in [0.3, 0.4) is 0 Å². The van der Waals surface area contributed by atoms with Crippen molar-refractivity contribution in [2.45, 2.75) is 6.42 Å². The molecule has 16 heavy (non-hydrogen) atoms. The topological polar surface area (TPSA) is 104 Å². The smallest absolute Gasteiger partial charge is 0.341 e. The number of nitrogens with zero attached hydrogens (tertiary/aromatic N) is 1. The van der Waals surface area contributed by atoms with Gasteiger partial charge in [0.15, 0.2) is 0 Å². The zero-order valence-corrected chi connectivity index (χ0v) is 8.17. The zero-order chi connectivity index (χ0) is 12.0. The van der Waals surface area contributed by atoms with Crippen LogP contribution in [0.15, 0.2) is 24.3 Å². The van der Waals surface area contributed by atoms with Crippen molar-refractivity contribution >= 4 is 18.2 Å². The minimum atomic E-state index is -1.50. The van der Waals surface area contributed by atoms with E-state index in [9.17, 15) is 14.7 Å². The number of carbonyl (C=O) groups is 2. The maximum Gasteiger partial charge on any atom is 0.341 e. The number of aliphatic carboxylic acids is 1. The van der Waals surface area contributed by atoms with Gasteiger partial charge in [-0.3, -0.25) is 4.79 Å². The minimum absolute atomic E-state index is 0.157. The summed E-state index contributed by atoms with van der Waals surface area (Å²) in [7, 11) is 0. The number of carboxylic acid groups (broad SMARTS) is 1. The summed E-state index contributed by atoms with van der Waals surface area (Å²) in [5.41, 5.74) is 7.08. The number of rotatable bonds is 4. The number of carbonyl (C=O) groups excluding carboxylic acids is 2. The van der Waals surface area contributed by atoms with E-state index in [0.29, 0.717) is 5.56 Å². The number of hydrogen-bond acceptors (Lipinski definition) is 5. The standard InChI is InChI=1S/C10H8N2O4/c11-12-6-7-3-1-2-4-8(7)16-10(15)5-9(13)14/h1-4,6,11H,5H2. The molecule has 6 nitrogen and oxygen atoms in total. The first-order chi connectivity index (χ1) is 7.63. The van der Waals surface area contributed by atoms with E-state index < -0.39 is 18.4 Å². The zero-order valence-electron chi connectivity index (χ0n) is 8.17. The van der Waals surface area contributed by atoms with Crippen LogP contribution in [0.2, 0.25) is 0 Å². The molecule has 0 bridgehead atoms. The van der Waals surface area contributed by atoms with Crippen LogP contribution in [0, 0.1) is 5.53 Å². The Morgan fingerprint density at radius 2 is 2.12 bits per heavy atom. The first kappa shape index (κ1) is 11.6. The highest BCUT2D eigenvalue weighted by Gasteiger charge is 2.10. The molecule has 82 valence electrons. The van der Waals surface area contributed by atoms with Crippen molar-refractivity contribution in [3.05, 3.63) is 29.8 Å². The molecule has 0 atom stereocenters. The Hall–Kier alpha value is -2.46. The molecule has 0 amide bonds. The van der Waals surface area contributed by atoms with Crippen molar-refractivity contribution in [1.82, 2.24) is 0 Å². The third-order valence-electron chi connectivity index (χ3n) is 1.64.